The van der Waals surface area contributed by atoms with Crippen LogP contribution >= 0.6 is 11.6 Å². The number of methoxy groups -OCH3 is 2. The van der Waals surface area contributed by atoms with Gasteiger partial charge in [-0.3, -0.25) is 4.79 Å². The lowest BCUT2D eigenvalue weighted by Crippen LogP contribution is -2.40. The average molecular weight is 1850 g/mol. The Morgan fingerprint density at radius 3 is 1.26 bits per heavy atom. The molecular weight excluding hydrogens is 1680 g/mol. The Morgan fingerprint density at radius 2 is 0.870 bits per heavy atom. The largest absolute Gasteiger partial charge is 0.495 e. The molecule has 1 atom stereocenters. The highest BCUT2D eigenvalue weighted by atomic mass is 35.5. The van der Waals surface area contributed by atoms with Gasteiger partial charge < -0.3 is 62.4 Å². The summed E-state index contributed by atoms with van der Waals surface area (Å²) >= 11 is 5.92. The van der Waals surface area contributed by atoms with Crippen LogP contribution in [0.25, 0.3) is 0 Å². The number of sulfone groups is 1. The van der Waals surface area contributed by atoms with Gasteiger partial charge in [-0.25, -0.2) is 18.4 Å². The molecule has 5 fully saturated rings. The maximum absolute atomic E-state index is 11.4. The van der Waals surface area contributed by atoms with Crippen LogP contribution in [0, 0.1) is 5.92 Å². The summed E-state index contributed by atoms with van der Waals surface area (Å²) in [6.07, 6.45) is 13.2. The molecule has 131 heavy (non-hydrogen) atoms. The smallest absolute Gasteiger partial charge is 0.222 e. The number of piperidine rings is 1. The predicted molar refractivity (Wildman–Crippen MR) is 543 cm³/mol. The van der Waals surface area contributed by atoms with Crippen LogP contribution in [0.5, 0.6) is 40.5 Å². The van der Waals surface area contributed by atoms with E-state index >= 15 is 0 Å². The van der Waals surface area contributed by atoms with Crippen molar-refractivity contribution < 1.29 is 61.0 Å². The third kappa shape index (κ3) is 41.9. The standard InChI is InChI=1S/C17H27NO.C16H23NO2.C14H21NO2S.C14H22O2.C13H19NO2.C13H19NO.C13H20O2.C11H15ClO/c1-17(2,3)15-6-5-7-16(12-15)19-13-14-8-10-18(4)11-9-14;1-16(2,3)13-6-8-14(9-7-13)19-12-11-17-10-4-5-15(17)18;1-14(2,3)12-4-6-13(7-5-12)15-8-10-18(16,17)11-9-15;1-13(2,3)11-6-8-12(9-7-11)16-10-14(4,5)15;1-13(2,3)10-4-5-12(14-8-10)16-11-6-7-15-9-11;1-13(2,3)10-7-8-12(14-9-10)15-11-5-4-6-11;1-13(2,3)11-5-7-12(8-6-11)15-10-9-14-4;1-11(2,3)8-5-6-9(12)10(7-8)13-4/h5-7,12,14H,8-11,13H2,1-4H3;6-9H,4-5,10-12H2,1-3H3;4-7H,8-11H2,1-3H3;6-9,15H,10H2,1-5H3;4-5,8,11H,6-7,9H2,1-3H3;7-9,11H,4-6H2,1-3H3;5-8H,9-10H2,1-4H3;5-7H,1-4H3. The van der Waals surface area contributed by atoms with E-state index in [2.05, 4.69) is 290 Å². The van der Waals surface area contributed by atoms with Crippen LogP contribution in [0.1, 0.15) is 276 Å². The number of amides is 1. The van der Waals surface area contributed by atoms with E-state index in [-0.39, 0.29) is 66.8 Å². The van der Waals surface area contributed by atoms with Crippen LogP contribution < -0.4 is 38.1 Å². The normalized spacial score (nSPS) is 16.3. The highest BCUT2D eigenvalue weighted by Gasteiger charge is 2.28. The molecule has 13 rings (SSSR count). The molecule has 726 valence electrons. The van der Waals surface area contributed by atoms with Crippen molar-refractivity contribution in [3.8, 4) is 40.5 Å². The number of hydrogen-bond acceptors (Lipinski definition) is 17. The molecule has 1 N–H and O–H groups in total. The van der Waals surface area contributed by atoms with Gasteiger partial charge in [0, 0.05) is 69.8 Å². The van der Waals surface area contributed by atoms with Crippen molar-refractivity contribution in [3.63, 3.8) is 0 Å². The van der Waals surface area contributed by atoms with Crippen molar-refractivity contribution in [3.05, 3.63) is 226 Å². The topological polar surface area (TPSA) is 190 Å². The Hall–Kier alpha value is -8.43. The second-order valence-corrected chi connectivity index (χ2v) is 46.7. The Balaban J connectivity index is 0.000000231. The molecule has 6 heterocycles. The number of aromatic nitrogens is 2. The van der Waals surface area contributed by atoms with Crippen molar-refractivity contribution in [2.45, 2.75) is 293 Å². The van der Waals surface area contributed by atoms with Gasteiger partial charge in [0.1, 0.15) is 60.8 Å². The van der Waals surface area contributed by atoms with Gasteiger partial charge in [-0.05, 0) is 239 Å². The zero-order valence-corrected chi connectivity index (χ0v) is 87.2. The monoisotopic (exact) mass is 1840 g/mol. The Labute approximate surface area is 796 Å². The number of hydrogen-bond donors (Lipinski definition) is 1. The first-order valence-corrected chi connectivity index (χ1v) is 49.5. The number of pyridine rings is 2. The third-order valence-corrected chi connectivity index (χ3v) is 25.2. The third-order valence-electron chi connectivity index (χ3n) is 23.3. The Kier molecular flexibility index (Phi) is 43.1. The molecule has 1 unspecified atom stereocenters. The van der Waals surface area contributed by atoms with Crippen molar-refractivity contribution in [2.24, 2.45) is 5.92 Å². The maximum Gasteiger partial charge on any atom is 0.222 e. The van der Waals surface area contributed by atoms with Crippen LogP contribution in [0.3, 0.4) is 0 Å². The summed E-state index contributed by atoms with van der Waals surface area (Å²) in [4.78, 5) is 26.5. The number of ether oxygens (including phenoxy) is 9. The van der Waals surface area contributed by atoms with E-state index in [1.807, 2.05) is 84.0 Å². The number of benzene rings is 6. The minimum Gasteiger partial charge on any atom is -0.495 e. The van der Waals surface area contributed by atoms with E-state index in [1.54, 1.807) is 28.1 Å². The first kappa shape index (κ1) is 111. The second kappa shape index (κ2) is 50.8. The van der Waals surface area contributed by atoms with Gasteiger partial charge in [0.15, 0.2) is 9.84 Å². The molecule has 5 aliphatic rings. The summed E-state index contributed by atoms with van der Waals surface area (Å²) in [5, 5.41) is 10.2. The fourth-order valence-electron chi connectivity index (χ4n) is 13.9. The van der Waals surface area contributed by atoms with E-state index in [0.717, 1.165) is 78.8 Å². The van der Waals surface area contributed by atoms with Crippen molar-refractivity contribution >= 4 is 33.0 Å². The molecular formula is C111H166ClN5O13S. The van der Waals surface area contributed by atoms with Crippen LogP contribution in [0.4, 0.5) is 5.69 Å². The molecule has 4 saturated heterocycles. The lowest BCUT2D eigenvalue weighted by Gasteiger charge is -2.29. The van der Waals surface area contributed by atoms with Crippen LogP contribution in [0.15, 0.2) is 176 Å². The number of carbonyl (C=O) groups is 1. The number of anilines is 1. The quantitative estimate of drug-likeness (QED) is 0.0708. The fraction of sp³-hybridized carbons (Fsp3) is 0.577. The molecule has 1 aliphatic carbocycles. The van der Waals surface area contributed by atoms with E-state index in [9.17, 15) is 18.3 Å². The summed E-state index contributed by atoms with van der Waals surface area (Å²) in [5.74, 6) is 7.33. The van der Waals surface area contributed by atoms with Gasteiger partial charge in [-0.1, -0.05) is 257 Å². The minimum absolute atomic E-state index is 0.137. The Bertz CT molecular complexity index is 4700. The summed E-state index contributed by atoms with van der Waals surface area (Å²) in [5.41, 5.74) is 11.9. The molecule has 4 aliphatic heterocycles. The number of aliphatic hydroxyl groups is 1. The van der Waals surface area contributed by atoms with Crippen molar-refractivity contribution in [2.75, 3.05) is 123 Å². The molecule has 0 radical (unpaired) electrons. The van der Waals surface area contributed by atoms with Crippen LogP contribution in [-0.2, 0) is 67.4 Å². The molecule has 2 aromatic heterocycles. The summed E-state index contributed by atoms with van der Waals surface area (Å²) in [6.45, 7) is 65.7. The number of likely N-dealkylation sites (tertiary alicyclic amines) is 2. The first-order valence-electron chi connectivity index (χ1n) is 47.3. The first-order chi connectivity index (χ1) is 61.0. The van der Waals surface area contributed by atoms with Gasteiger partial charge in [-0.15, -0.1) is 0 Å². The molecule has 18 nitrogen and oxygen atoms in total. The van der Waals surface area contributed by atoms with Gasteiger partial charge in [0.2, 0.25) is 17.7 Å². The maximum atomic E-state index is 11.4. The van der Waals surface area contributed by atoms with E-state index < -0.39 is 15.4 Å². The predicted octanol–water partition coefficient (Wildman–Crippen LogP) is 24.6. The average Bonchev–Trinajstić information content (AvgIpc) is 1.16. The number of carbonyl (C=O) groups excluding carboxylic acids is 1. The number of halogens is 1. The zero-order valence-electron chi connectivity index (χ0n) is 85.6. The zero-order chi connectivity index (χ0) is 97.4. The van der Waals surface area contributed by atoms with Gasteiger partial charge in [-0.2, -0.15) is 0 Å². The molecule has 1 amide bonds. The fourth-order valence-corrected chi connectivity index (χ4v) is 15.3. The van der Waals surface area contributed by atoms with Crippen LogP contribution in [-0.4, -0.2) is 175 Å². The van der Waals surface area contributed by atoms with Crippen LogP contribution in [0.2, 0.25) is 5.02 Å². The summed E-state index contributed by atoms with van der Waals surface area (Å²) < 4.78 is 72.2. The van der Waals surface area contributed by atoms with E-state index in [4.69, 9.17) is 54.2 Å². The molecule has 6 aromatic carbocycles. The molecule has 8 aromatic rings. The summed E-state index contributed by atoms with van der Waals surface area (Å²) in [7, 11) is 2.71. The molecule has 1 saturated carbocycles. The van der Waals surface area contributed by atoms with Crippen molar-refractivity contribution in [1.29, 1.82) is 0 Å². The van der Waals surface area contributed by atoms with E-state index in [0.29, 0.717) is 76.1 Å². The second-order valence-electron chi connectivity index (χ2n) is 44.0. The van der Waals surface area contributed by atoms with Gasteiger partial charge >= 0.3 is 0 Å². The number of nitrogens with zero attached hydrogens (tertiary/aromatic N) is 5. The lowest BCUT2D eigenvalue weighted by molar-refractivity contribution is -0.128. The number of rotatable bonds is 20. The van der Waals surface area contributed by atoms with Crippen molar-refractivity contribution in [1.82, 2.24) is 19.8 Å². The summed E-state index contributed by atoms with van der Waals surface area (Å²) in [6, 6.07) is 55.5. The van der Waals surface area contributed by atoms with Gasteiger partial charge in [0.25, 0.3) is 0 Å². The molecule has 20 heteroatoms. The molecule has 0 bridgehead atoms. The molecule has 0 spiro atoms. The minimum atomic E-state index is -2.80. The lowest BCUT2D eigenvalue weighted by atomic mass is 9.87. The van der Waals surface area contributed by atoms with Gasteiger partial charge in [0.05, 0.1) is 62.2 Å². The highest BCUT2D eigenvalue weighted by Crippen LogP contribution is 2.35. The SMILES string of the molecule is CC(C)(C)c1ccc(N2CCS(=O)(=O)CC2)cc1.CC(C)(C)c1ccc(OC2CCC2)nc1.CC(C)(C)c1ccc(OC2CCOC2)nc1.CC(C)(C)c1ccc(OCCN2CCCC2=O)cc1.CC(C)(O)COc1ccc(C(C)(C)C)cc1.CN1CCC(COc2cccc(C(C)(C)C)c2)CC1.COCCOc1ccc(C(C)(C)C)cc1.COc1cc(C(C)(C)C)ccc1Cl. The van der Waals surface area contributed by atoms with E-state index in [1.165, 1.54) is 89.7 Å². The Morgan fingerprint density at radius 1 is 0.443 bits per heavy atom. The highest BCUT2D eigenvalue weighted by molar-refractivity contribution is 7.91.